The summed E-state index contributed by atoms with van der Waals surface area (Å²) in [6.07, 6.45) is 0. The van der Waals surface area contributed by atoms with Crippen molar-refractivity contribution < 1.29 is 4.74 Å². The minimum atomic E-state index is 0.123. The number of halogens is 1. The Morgan fingerprint density at radius 3 is 2.38 bits per heavy atom. The van der Waals surface area contributed by atoms with Gasteiger partial charge in [-0.05, 0) is 18.5 Å². The summed E-state index contributed by atoms with van der Waals surface area (Å²) in [5.41, 5.74) is 0. The Labute approximate surface area is 53.8 Å². The lowest BCUT2D eigenvalue weighted by Crippen LogP contribution is -1.91. The van der Waals surface area contributed by atoms with Crippen LogP contribution in [0.3, 0.4) is 0 Å². The van der Waals surface area contributed by atoms with Gasteiger partial charge in [0.05, 0.1) is 5.76 Å². The van der Waals surface area contributed by atoms with Crippen molar-refractivity contribution in [3.8, 4) is 0 Å². The van der Waals surface area contributed by atoms with E-state index in [1.165, 1.54) is 0 Å². The number of hydrogen-bond donors (Lipinski definition) is 0. The lowest BCUT2D eigenvalue weighted by molar-refractivity contribution is 0.430. The summed E-state index contributed by atoms with van der Waals surface area (Å²) < 4.78 is 4.72. The summed E-state index contributed by atoms with van der Waals surface area (Å²) in [6.45, 7) is 5.16. The van der Waals surface area contributed by atoms with Crippen LogP contribution >= 0.6 is 11.6 Å². The number of hydrogen-bond acceptors (Lipinski definition) is 2. The molecule has 2 nitrogen and oxygen atoms in total. The maximum Gasteiger partial charge on any atom is 0.287 e. The zero-order valence-electron chi connectivity index (χ0n) is 4.94. The number of ether oxygens (including phenoxy) is 1. The number of nitrogens with zero attached hydrogens (tertiary/aromatic N) is 1. The molecule has 0 aliphatic carbocycles. The molecule has 8 heavy (non-hydrogen) atoms. The number of aliphatic imine (C=N–C) groups is 1. The van der Waals surface area contributed by atoms with E-state index in [0.29, 0.717) is 5.76 Å². The lowest BCUT2D eigenvalue weighted by atomic mass is 10.7. The molecule has 0 aliphatic heterocycles. The zero-order chi connectivity index (χ0) is 6.57. The summed E-state index contributed by atoms with van der Waals surface area (Å²) in [5, 5.41) is 0.123. The molecule has 46 valence electrons. The predicted molar refractivity (Wildman–Crippen MR) is 35.1 cm³/mol. The molecule has 0 heterocycles. The van der Waals surface area contributed by atoms with Crippen molar-refractivity contribution in [1.82, 2.24) is 0 Å². The predicted octanol–water partition coefficient (Wildman–Crippen LogP) is 1.76. The minimum absolute atomic E-state index is 0.123. The van der Waals surface area contributed by atoms with Crippen molar-refractivity contribution in [3.05, 3.63) is 12.3 Å². The summed E-state index contributed by atoms with van der Waals surface area (Å²) in [5.74, 6) is 0.542. The quantitative estimate of drug-likeness (QED) is 0.304. The van der Waals surface area contributed by atoms with Gasteiger partial charge in [-0.3, -0.25) is 0 Å². The van der Waals surface area contributed by atoms with Gasteiger partial charge in [0.25, 0.3) is 5.36 Å². The van der Waals surface area contributed by atoms with E-state index < -0.39 is 0 Å². The molecule has 0 aromatic heterocycles. The molecule has 0 fully saturated rings. The highest BCUT2D eigenvalue weighted by Gasteiger charge is 1.89. The fourth-order valence-corrected chi connectivity index (χ4v) is 0.321. The molecule has 0 amide bonds. The molecule has 0 aromatic carbocycles. The van der Waals surface area contributed by atoms with E-state index in [-0.39, 0.29) is 5.36 Å². The van der Waals surface area contributed by atoms with E-state index in [1.807, 2.05) is 0 Å². The maximum absolute atomic E-state index is 5.33. The fourth-order valence-electron chi connectivity index (χ4n) is 0.189. The Bertz CT molecular complexity index is 120. The fraction of sp³-hybridized carbons (Fsp3) is 0.400. The van der Waals surface area contributed by atoms with Gasteiger partial charge in [-0.15, -0.1) is 0 Å². The second kappa shape index (κ2) is 3.50. The molecule has 3 heteroatoms. The first-order valence-electron chi connectivity index (χ1n) is 2.12. The van der Waals surface area contributed by atoms with Gasteiger partial charge in [0.2, 0.25) is 0 Å². The summed E-state index contributed by atoms with van der Waals surface area (Å²) >= 11 is 5.33. The number of rotatable bonds is 1. The highest BCUT2D eigenvalue weighted by Crippen LogP contribution is 1.95. The Morgan fingerprint density at radius 1 is 1.75 bits per heavy atom. The van der Waals surface area contributed by atoms with Crippen molar-refractivity contribution in [2.45, 2.75) is 6.92 Å². The van der Waals surface area contributed by atoms with Crippen LogP contribution in [0, 0.1) is 0 Å². The molecule has 0 atom stereocenters. The highest BCUT2D eigenvalue weighted by atomic mass is 35.5. The van der Waals surface area contributed by atoms with E-state index in [9.17, 15) is 0 Å². The van der Waals surface area contributed by atoms with Crippen molar-refractivity contribution in [3.63, 3.8) is 0 Å². The van der Waals surface area contributed by atoms with Crippen LogP contribution in [-0.2, 0) is 4.74 Å². The van der Waals surface area contributed by atoms with Gasteiger partial charge in [0, 0.05) is 7.05 Å². The second-order valence-corrected chi connectivity index (χ2v) is 1.60. The monoisotopic (exact) mass is 133 g/mol. The largest absolute Gasteiger partial charge is 0.436 e. The highest BCUT2D eigenvalue weighted by molar-refractivity contribution is 6.62. The van der Waals surface area contributed by atoms with Crippen LogP contribution in [0.25, 0.3) is 0 Å². The Morgan fingerprint density at radius 2 is 2.25 bits per heavy atom. The summed E-state index contributed by atoms with van der Waals surface area (Å²) in [4.78, 5) is 3.53. The Balaban J connectivity index is 3.56. The third kappa shape index (κ3) is 3.68. The smallest absolute Gasteiger partial charge is 0.287 e. The third-order valence-corrected chi connectivity index (χ3v) is 0.680. The van der Waals surface area contributed by atoms with Gasteiger partial charge < -0.3 is 4.74 Å². The minimum Gasteiger partial charge on any atom is -0.436 e. The molecule has 0 radical (unpaired) electrons. The molecule has 0 spiro atoms. The summed E-state index contributed by atoms with van der Waals surface area (Å²) in [6, 6.07) is 0. The molecular weight excluding hydrogens is 126 g/mol. The van der Waals surface area contributed by atoms with Gasteiger partial charge >= 0.3 is 0 Å². The van der Waals surface area contributed by atoms with Crippen LogP contribution in [0.1, 0.15) is 6.92 Å². The van der Waals surface area contributed by atoms with Crippen LogP contribution in [0.15, 0.2) is 17.3 Å². The maximum atomic E-state index is 5.33. The van der Waals surface area contributed by atoms with Gasteiger partial charge in [0.1, 0.15) is 0 Å². The zero-order valence-corrected chi connectivity index (χ0v) is 5.70. The van der Waals surface area contributed by atoms with Crippen LogP contribution in [0.2, 0.25) is 0 Å². The first kappa shape index (κ1) is 7.50. The first-order chi connectivity index (χ1) is 3.66. The van der Waals surface area contributed by atoms with E-state index in [0.717, 1.165) is 0 Å². The molecule has 0 unspecified atom stereocenters. The van der Waals surface area contributed by atoms with Crippen LogP contribution in [0.4, 0.5) is 0 Å². The average molecular weight is 134 g/mol. The van der Waals surface area contributed by atoms with E-state index in [1.54, 1.807) is 14.0 Å². The van der Waals surface area contributed by atoms with Crippen molar-refractivity contribution >= 4 is 17.0 Å². The molecule has 0 saturated heterocycles. The van der Waals surface area contributed by atoms with Crippen LogP contribution in [0.5, 0.6) is 0 Å². The molecule has 0 aliphatic rings. The van der Waals surface area contributed by atoms with Crippen molar-refractivity contribution in [1.29, 1.82) is 0 Å². The summed E-state index contributed by atoms with van der Waals surface area (Å²) in [7, 11) is 1.55. The van der Waals surface area contributed by atoms with Crippen molar-refractivity contribution in [2.24, 2.45) is 4.99 Å². The normalized spacial score (nSPS) is 11.1. The topological polar surface area (TPSA) is 21.6 Å². The Hall–Kier alpha value is -0.500. The van der Waals surface area contributed by atoms with Gasteiger partial charge in [-0.25, -0.2) is 4.99 Å². The van der Waals surface area contributed by atoms with Gasteiger partial charge in [-0.1, -0.05) is 6.58 Å². The molecule has 0 rings (SSSR count). The van der Waals surface area contributed by atoms with Crippen LogP contribution < -0.4 is 0 Å². The molecule has 0 N–H and O–H groups in total. The molecule has 0 aromatic rings. The molecule has 0 saturated carbocycles. The van der Waals surface area contributed by atoms with Gasteiger partial charge in [-0.2, -0.15) is 0 Å². The second-order valence-electron chi connectivity index (χ2n) is 1.28. The molecular formula is C5H8ClNO. The number of allylic oxidation sites excluding steroid dienone is 1. The van der Waals surface area contributed by atoms with Crippen LogP contribution in [-0.4, -0.2) is 12.4 Å². The average Bonchev–Trinajstić information content (AvgIpc) is 1.65. The van der Waals surface area contributed by atoms with Gasteiger partial charge in [0.15, 0.2) is 0 Å². The van der Waals surface area contributed by atoms with E-state index >= 15 is 0 Å². The third-order valence-electron chi connectivity index (χ3n) is 0.434. The lowest BCUT2D eigenvalue weighted by Gasteiger charge is -1.96. The van der Waals surface area contributed by atoms with E-state index in [4.69, 9.17) is 16.3 Å². The standard InChI is InChI=1S/C5H8ClNO/c1-4(2)8-5(6)7-3/h1H2,2-3H3. The van der Waals surface area contributed by atoms with E-state index in [2.05, 4.69) is 11.6 Å². The first-order valence-corrected chi connectivity index (χ1v) is 2.50. The Kier molecular flexibility index (Phi) is 3.28. The van der Waals surface area contributed by atoms with Crippen molar-refractivity contribution in [2.75, 3.05) is 7.05 Å². The SMILES string of the molecule is C=C(C)OC(Cl)=NC. The molecule has 0 bridgehead atoms.